The normalized spacial score (nSPS) is 19.6. The summed E-state index contributed by atoms with van der Waals surface area (Å²) in [6.07, 6.45) is 1.42. The van der Waals surface area contributed by atoms with Crippen molar-refractivity contribution in [2.45, 2.75) is 12.5 Å². The predicted molar refractivity (Wildman–Crippen MR) is 104 cm³/mol. The van der Waals surface area contributed by atoms with E-state index in [1.807, 2.05) is 0 Å². The van der Waals surface area contributed by atoms with E-state index in [1.54, 1.807) is 43.3 Å². The number of amides is 3. The molecule has 1 fully saturated rings. The topological polar surface area (TPSA) is 129 Å². The average molecular weight is 420 g/mol. The first-order valence-electron chi connectivity index (χ1n) is 9.36. The number of aromatic nitrogens is 4. The highest BCUT2D eigenvalue weighted by atomic mass is 16.7. The maximum atomic E-state index is 13.2. The number of hydrogen-bond acceptors (Lipinski definition) is 8. The molecule has 3 amide bonds. The van der Waals surface area contributed by atoms with Crippen LogP contribution in [0.4, 0.5) is 4.79 Å². The number of hydrogen-bond donors (Lipinski definition) is 1. The molecule has 5 rings (SSSR count). The van der Waals surface area contributed by atoms with Gasteiger partial charge in [-0.05, 0) is 53.2 Å². The van der Waals surface area contributed by atoms with Gasteiger partial charge >= 0.3 is 6.03 Å². The second-order valence-corrected chi connectivity index (χ2v) is 7.24. The van der Waals surface area contributed by atoms with Crippen molar-refractivity contribution in [2.75, 3.05) is 13.3 Å². The summed E-state index contributed by atoms with van der Waals surface area (Å²) in [6.45, 7) is 1.28. The van der Waals surface area contributed by atoms with Crippen LogP contribution in [0.25, 0.3) is 5.69 Å². The van der Waals surface area contributed by atoms with Crippen molar-refractivity contribution in [2.24, 2.45) is 0 Å². The first-order valence-corrected chi connectivity index (χ1v) is 9.36. The van der Waals surface area contributed by atoms with Crippen molar-refractivity contribution in [3.8, 4) is 17.2 Å². The van der Waals surface area contributed by atoms with Gasteiger partial charge in [0.05, 0.1) is 12.2 Å². The average Bonchev–Trinajstić information content (AvgIpc) is 3.51. The summed E-state index contributed by atoms with van der Waals surface area (Å²) in [5.74, 6) is 0.0721. The molecule has 0 unspecified atom stereocenters. The molecule has 1 atom stereocenters. The zero-order valence-corrected chi connectivity index (χ0v) is 16.3. The van der Waals surface area contributed by atoms with Gasteiger partial charge in [-0.25, -0.2) is 9.48 Å². The van der Waals surface area contributed by atoms with Gasteiger partial charge in [0.15, 0.2) is 17.3 Å². The summed E-state index contributed by atoms with van der Waals surface area (Å²) in [5, 5.41) is 13.7. The fraction of sp³-hybridized carbons (Fsp3) is 0.200. The van der Waals surface area contributed by atoms with Gasteiger partial charge in [-0.15, -0.1) is 5.10 Å². The van der Waals surface area contributed by atoms with E-state index in [-0.39, 0.29) is 6.79 Å². The lowest BCUT2D eigenvalue weighted by Gasteiger charge is -2.22. The molecule has 2 aliphatic rings. The quantitative estimate of drug-likeness (QED) is 0.479. The third kappa shape index (κ3) is 3.06. The summed E-state index contributed by atoms with van der Waals surface area (Å²) >= 11 is 0. The lowest BCUT2D eigenvalue weighted by atomic mass is 9.91. The molecule has 156 valence electrons. The van der Waals surface area contributed by atoms with Crippen molar-refractivity contribution in [3.05, 3.63) is 59.9 Å². The first kappa shape index (κ1) is 18.7. The van der Waals surface area contributed by atoms with E-state index >= 15 is 0 Å². The van der Waals surface area contributed by atoms with Gasteiger partial charge in [0.1, 0.15) is 11.9 Å². The molecule has 0 bridgehead atoms. The van der Waals surface area contributed by atoms with E-state index in [9.17, 15) is 14.4 Å². The van der Waals surface area contributed by atoms with E-state index in [1.165, 1.54) is 17.1 Å². The van der Waals surface area contributed by atoms with Gasteiger partial charge in [-0.2, -0.15) is 0 Å². The van der Waals surface area contributed by atoms with E-state index in [4.69, 9.17) is 9.47 Å². The van der Waals surface area contributed by atoms with Crippen LogP contribution in [0, 0.1) is 0 Å². The number of nitrogens with zero attached hydrogens (tertiary/aromatic N) is 5. The van der Waals surface area contributed by atoms with Crippen LogP contribution < -0.4 is 14.8 Å². The number of tetrazole rings is 1. The van der Waals surface area contributed by atoms with E-state index < -0.39 is 29.8 Å². The Bertz CT molecular complexity index is 1210. The monoisotopic (exact) mass is 420 g/mol. The largest absolute Gasteiger partial charge is 0.454 e. The Labute approximate surface area is 175 Å². The van der Waals surface area contributed by atoms with E-state index in [2.05, 4.69) is 20.8 Å². The lowest BCUT2D eigenvalue weighted by molar-refractivity contribution is -0.130. The van der Waals surface area contributed by atoms with Crippen LogP contribution in [0.2, 0.25) is 0 Å². The number of fused-ring (bicyclic) bond motifs is 1. The second kappa shape index (κ2) is 6.90. The number of urea groups is 1. The number of imide groups is 1. The number of ketones is 1. The minimum absolute atomic E-state index is 0.0854. The molecule has 0 spiro atoms. The first-order chi connectivity index (χ1) is 15.0. The van der Waals surface area contributed by atoms with Crippen LogP contribution in [-0.4, -0.2) is 56.2 Å². The number of nitrogens with one attached hydrogen (secondary N) is 1. The Morgan fingerprint density at radius 1 is 1.16 bits per heavy atom. The number of rotatable bonds is 5. The SMILES string of the molecule is C[C@@]1(c2cccc(-n3cnnn3)c2)NC(=O)N(CC(=O)c2ccc3c(c2)OCO3)C1=O. The molecule has 3 aromatic rings. The number of benzene rings is 2. The summed E-state index contributed by atoms with van der Waals surface area (Å²) in [5.41, 5.74) is 0.146. The molecule has 31 heavy (non-hydrogen) atoms. The van der Waals surface area contributed by atoms with Crippen molar-refractivity contribution in [1.29, 1.82) is 0 Å². The Morgan fingerprint density at radius 2 is 2.00 bits per heavy atom. The maximum absolute atomic E-state index is 13.2. The van der Waals surface area contributed by atoms with Crippen LogP contribution >= 0.6 is 0 Å². The molecule has 11 nitrogen and oxygen atoms in total. The molecular formula is C20H16N6O5. The van der Waals surface area contributed by atoms with Gasteiger partial charge in [-0.1, -0.05) is 12.1 Å². The van der Waals surface area contributed by atoms with Crippen LogP contribution in [0.3, 0.4) is 0 Å². The smallest absolute Gasteiger partial charge is 0.325 e. The van der Waals surface area contributed by atoms with Crippen LogP contribution in [0.5, 0.6) is 11.5 Å². The number of ether oxygens (including phenoxy) is 2. The van der Waals surface area contributed by atoms with E-state index in [0.29, 0.717) is 28.3 Å². The Hall–Kier alpha value is -4.28. The highest BCUT2D eigenvalue weighted by molar-refractivity contribution is 6.11. The highest BCUT2D eigenvalue weighted by Crippen LogP contribution is 2.33. The van der Waals surface area contributed by atoms with Crippen LogP contribution in [0.15, 0.2) is 48.8 Å². The van der Waals surface area contributed by atoms with Crippen molar-refractivity contribution in [3.63, 3.8) is 0 Å². The van der Waals surface area contributed by atoms with Gasteiger partial charge < -0.3 is 14.8 Å². The number of carbonyl (C=O) groups is 3. The summed E-state index contributed by atoms with van der Waals surface area (Å²) in [7, 11) is 0. The molecule has 11 heteroatoms. The summed E-state index contributed by atoms with van der Waals surface area (Å²) < 4.78 is 12.0. The fourth-order valence-electron chi connectivity index (χ4n) is 3.58. The second-order valence-electron chi connectivity index (χ2n) is 7.24. The molecule has 1 aromatic heterocycles. The summed E-state index contributed by atoms with van der Waals surface area (Å²) in [4.78, 5) is 39.5. The van der Waals surface area contributed by atoms with Gasteiger partial charge in [0.25, 0.3) is 5.91 Å². The minimum atomic E-state index is -1.34. The third-order valence-corrected chi connectivity index (χ3v) is 5.31. The molecule has 1 saturated heterocycles. The zero-order valence-electron chi connectivity index (χ0n) is 16.3. The minimum Gasteiger partial charge on any atom is -0.454 e. The molecule has 0 saturated carbocycles. The lowest BCUT2D eigenvalue weighted by Crippen LogP contribution is -2.41. The Balaban J connectivity index is 1.39. The zero-order chi connectivity index (χ0) is 21.6. The Morgan fingerprint density at radius 3 is 2.81 bits per heavy atom. The van der Waals surface area contributed by atoms with Gasteiger partial charge in [-0.3, -0.25) is 14.5 Å². The predicted octanol–water partition coefficient (Wildman–Crippen LogP) is 1.04. The fourth-order valence-corrected chi connectivity index (χ4v) is 3.58. The molecule has 0 aliphatic carbocycles. The molecule has 3 heterocycles. The third-order valence-electron chi connectivity index (χ3n) is 5.31. The number of carbonyl (C=O) groups excluding carboxylic acids is 3. The van der Waals surface area contributed by atoms with Crippen LogP contribution in [0.1, 0.15) is 22.8 Å². The van der Waals surface area contributed by atoms with Crippen LogP contribution in [-0.2, 0) is 10.3 Å². The van der Waals surface area contributed by atoms with Gasteiger partial charge in [0.2, 0.25) is 6.79 Å². The molecular weight excluding hydrogens is 404 g/mol. The molecule has 1 N–H and O–H groups in total. The van der Waals surface area contributed by atoms with Crippen molar-refractivity contribution >= 4 is 17.7 Å². The van der Waals surface area contributed by atoms with Gasteiger partial charge in [0, 0.05) is 5.56 Å². The number of Topliss-reactive ketones (excluding diaryl/α,β-unsaturated/α-hetero) is 1. The highest BCUT2D eigenvalue weighted by Gasteiger charge is 2.49. The standard InChI is InChI=1S/C20H16N6O5/c1-20(13-3-2-4-14(8-13)26-10-21-23-24-26)18(28)25(19(29)22-20)9-15(27)12-5-6-16-17(7-12)31-11-30-16/h2-8,10H,9,11H2,1H3,(H,22,29)/t20-/m0/s1. The molecule has 2 aliphatic heterocycles. The van der Waals surface area contributed by atoms with Crippen molar-refractivity contribution < 1.29 is 23.9 Å². The molecule has 2 aromatic carbocycles. The summed E-state index contributed by atoms with van der Waals surface area (Å²) in [6, 6.07) is 11.0. The van der Waals surface area contributed by atoms with Crippen molar-refractivity contribution in [1.82, 2.24) is 30.4 Å². The Kier molecular flexibility index (Phi) is 4.17. The van der Waals surface area contributed by atoms with E-state index in [0.717, 1.165) is 4.90 Å². The molecule has 0 radical (unpaired) electrons. The maximum Gasteiger partial charge on any atom is 0.325 e.